The molecule has 15 nitrogen and oxygen atoms in total. The van der Waals surface area contributed by atoms with Crippen LogP contribution >= 0.6 is 11.8 Å². The fourth-order valence-corrected chi connectivity index (χ4v) is 7.80. The van der Waals surface area contributed by atoms with E-state index in [1.54, 1.807) is 6.92 Å². The Labute approximate surface area is 249 Å². The van der Waals surface area contributed by atoms with Crippen molar-refractivity contribution in [3.05, 3.63) is 50.5 Å². The van der Waals surface area contributed by atoms with Crippen molar-refractivity contribution in [2.75, 3.05) is 19.6 Å². The Bertz CT molecular complexity index is 1360. The number of rotatable bonds is 8. The molecule has 4 aliphatic heterocycles. The summed E-state index contributed by atoms with van der Waals surface area (Å²) in [6.45, 7) is 2.80. The number of β-amino-alcohol motifs (C(OH)–C–C–N with tert-alkyl or cyclic N) is 2. The molecule has 0 radical (unpaired) electrons. The summed E-state index contributed by atoms with van der Waals surface area (Å²) in [7, 11) is 0. The third-order valence-electron chi connectivity index (χ3n) is 8.47. The molecule has 0 saturated carbocycles. The van der Waals surface area contributed by atoms with E-state index in [2.05, 4.69) is 0 Å². The molecule has 0 aromatic heterocycles. The number of amides is 3. The third-order valence-corrected chi connectivity index (χ3v) is 9.96. The molecule has 0 bridgehead atoms. The molecule has 16 heteroatoms. The number of aliphatic hydroxyl groups excluding tert-OH is 3. The number of carbonyl (C=O) groups is 4. The first-order valence-electron chi connectivity index (χ1n) is 13.8. The monoisotopic (exact) mass is 620 g/mol. The van der Waals surface area contributed by atoms with Crippen LogP contribution in [0.1, 0.15) is 25.8 Å². The van der Waals surface area contributed by atoms with Crippen LogP contribution in [0.5, 0.6) is 0 Å². The molecule has 232 valence electrons. The molecule has 0 unspecified atom stereocenters. The number of hydrogen-bond donors (Lipinski definition) is 4. The Morgan fingerprint density at radius 3 is 2.33 bits per heavy atom. The predicted octanol–water partition coefficient (Wildman–Crippen LogP) is 0.125. The number of fused-ring (bicyclic) bond motifs is 1. The van der Waals surface area contributed by atoms with Gasteiger partial charge in [0, 0.05) is 47.8 Å². The van der Waals surface area contributed by atoms with Crippen LogP contribution in [0.3, 0.4) is 0 Å². The number of carboxylic acid groups (broad SMARTS) is 1. The summed E-state index contributed by atoms with van der Waals surface area (Å²) in [5.74, 6) is -3.42. The summed E-state index contributed by atoms with van der Waals surface area (Å²) in [6.07, 6.45) is -3.95. The Hall–Kier alpha value is -3.73. The van der Waals surface area contributed by atoms with E-state index in [9.17, 15) is 49.7 Å². The minimum Gasteiger partial charge on any atom is -0.477 e. The molecule has 3 saturated heterocycles. The minimum atomic E-state index is -1.29. The van der Waals surface area contributed by atoms with Crippen LogP contribution in [0, 0.1) is 22.0 Å². The standard InChI is InChI=1S/C27H32N4O11S/c1-12-21-20(13(2)32)25(36)30(21)22(26(37)38)23(12)43-16-7-17(24(35)28-9-18(33)19(34)10-28)29(8-16)27(39)42-11-14-3-5-15(6-4-14)31(40)41/h3-6,12-13,16-21,32-34H,7-11H2,1-2H3,(H,37,38)/t12-,13-,16+,17+,18-,19-,20-,21-/m1/s1. The summed E-state index contributed by atoms with van der Waals surface area (Å²) in [6, 6.07) is 3.87. The van der Waals surface area contributed by atoms with Crippen molar-refractivity contribution >= 4 is 41.3 Å². The van der Waals surface area contributed by atoms with Crippen molar-refractivity contribution in [3.8, 4) is 0 Å². The molecule has 3 amide bonds. The summed E-state index contributed by atoms with van der Waals surface area (Å²) >= 11 is 1.17. The maximum Gasteiger partial charge on any atom is 0.410 e. The van der Waals surface area contributed by atoms with Crippen LogP contribution < -0.4 is 0 Å². The van der Waals surface area contributed by atoms with Gasteiger partial charge in [-0.15, -0.1) is 11.8 Å². The molecule has 4 heterocycles. The highest BCUT2D eigenvalue weighted by Crippen LogP contribution is 2.52. The van der Waals surface area contributed by atoms with Crippen LogP contribution in [0.2, 0.25) is 0 Å². The summed E-state index contributed by atoms with van der Waals surface area (Å²) < 4.78 is 5.45. The second-order valence-electron chi connectivity index (χ2n) is 11.3. The summed E-state index contributed by atoms with van der Waals surface area (Å²) in [5.41, 5.74) is 0.186. The molecular formula is C27H32N4O11S. The van der Waals surface area contributed by atoms with Gasteiger partial charge in [0.2, 0.25) is 11.8 Å². The summed E-state index contributed by atoms with van der Waals surface area (Å²) in [4.78, 5) is 66.2. The molecule has 1 aromatic rings. The highest BCUT2D eigenvalue weighted by Gasteiger charge is 2.60. The average molecular weight is 621 g/mol. The lowest BCUT2D eigenvalue weighted by atomic mass is 9.79. The van der Waals surface area contributed by atoms with E-state index in [1.807, 2.05) is 0 Å². The SMILES string of the molecule is C[C@@H](O)[C@H]1C(=O)N2C(C(=O)O)=C(S[C@H]3C[C@@H](C(=O)N4C[C@@H](O)[C@H](O)C4)N(C(=O)OCc4ccc([N+](=O)[O-])cc4)C3)[C@H](C)[C@H]12. The molecule has 43 heavy (non-hydrogen) atoms. The second-order valence-corrected chi connectivity index (χ2v) is 12.6. The van der Waals surface area contributed by atoms with Gasteiger partial charge in [0.1, 0.15) is 18.3 Å². The van der Waals surface area contributed by atoms with Crippen LogP contribution in [-0.2, 0) is 25.7 Å². The van der Waals surface area contributed by atoms with Gasteiger partial charge in [-0.25, -0.2) is 9.59 Å². The van der Waals surface area contributed by atoms with Gasteiger partial charge >= 0.3 is 12.1 Å². The number of carboxylic acids is 1. The topological polar surface area (TPSA) is 211 Å². The number of β-lactam (4-membered cyclic amide) rings is 1. The van der Waals surface area contributed by atoms with Crippen molar-refractivity contribution in [2.45, 2.75) is 62.5 Å². The molecule has 3 fully saturated rings. The molecule has 4 aliphatic rings. The Morgan fingerprint density at radius 1 is 1.14 bits per heavy atom. The molecule has 8 atom stereocenters. The normalized spacial score (nSPS) is 30.8. The maximum atomic E-state index is 13.5. The number of nitro benzene ring substituents is 1. The van der Waals surface area contributed by atoms with E-state index in [0.29, 0.717) is 10.5 Å². The predicted molar refractivity (Wildman–Crippen MR) is 148 cm³/mol. The number of non-ortho nitro benzene ring substituents is 1. The third kappa shape index (κ3) is 5.55. The van der Waals surface area contributed by atoms with Gasteiger partial charge in [0.15, 0.2) is 0 Å². The van der Waals surface area contributed by atoms with Gasteiger partial charge in [-0.1, -0.05) is 6.92 Å². The van der Waals surface area contributed by atoms with E-state index in [0.717, 1.165) is 0 Å². The molecular weight excluding hydrogens is 588 g/mol. The molecule has 0 aliphatic carbocycles. The quantitative estimate of drug-likeness (QED) is 0.173. The van der Waals surface area contributed by atoms with Gasteiger partial charge in [0.25, 0.3) is 5.69 Å². The van der Waals surface area contributed by atoms with Crippen LogP contribution in [0.25, 0.3) is 0 Å². The number of nitrogens with zero attached hydrogens (tertiary/aromatic N) is 4. The largest absolute Gasteiger partial charge is 0.477 e. The lowest BCUT2D eigenvalue weighted by Gasteiger charge is -2.46. The first-order chi connectivity index (χ1) is 20.3. The Morgan fingerprint density at radius 2 is 1.77 bits per heavy atom. The first kappa shape index (κ1) is 30.7. The van der Waals surface area contributed by atoms with E-state index >= 15 is 0 Å². The van der Waals surface area contributed by atoms with Gasteiger partial charge in [-0.2, -0.15) is 0 Å². The van der Waals surface area contributed by atoms with E-state index in [4.69, 9.17) is 4.74 Å². The van der Waals surface area contributed by atoms with Crippen molar-refractivity contribution in [1.82, 2.24) is 14.7 Å². The molecule has 1 aromatic carbocycles. The number of benzene rings is 1. The maximum absolute atomic E-state index is 13.5. The van der Waals surface area contributed by atoms with Crippen molar-refractivity contribution in [3.63, 3.8) is 0 Å². The van der Waals surface area contributed by atoms with E-state index in [1.165, 1.54) is 57.7 Å². The number of carbonyl (C=O) groups excluding carboxylic acids is 3. The lowest BCUT2D eigenvalue weighted by Crippen LogP contribution is -2.63. The number of thioether (sulfide) groups is 1. The lowest BCUT2D eigenvalue weighted by molar-refractivity contribution is -0.384. The number of ether oxygens (including phenoxy) is 1. The fraction of sp³-hybridized carbons (Fsp3) is 0.556. The number of aliphatic hydroxyl groups is 3. The van der Waals surface area contributed by atoms with E-state index < -0.39 is 76.3 Å². The Balaban J connectivity index is 1.35. The zero-order valence-corrected chi connectivity index (χ0v) is 24.1. The number of hydrogen-bond acceptors (Lipinski definition) is 11. The average Bonchev–Trinajstić information content (AvgIpc) is 3.60. The zero-order valence-electron chi connectivity index (χ0n) is 23.3. The van der Waals surface area contributed by atoms with Crippen molar-refractivity contribution < 1.29 is 49.3 Å². The van der Waals surface area contributed by atoms with Crippen molar-refractivity contribution in [2.24, 2.45) is 11.8 Å². The van der Waals surface area contributed by atoms with E-state index in [-0.39, 0.29) is 44.0 Å². The van der Waals surface area contributed by atoms with Gasteiger partial charge in [0.05, 0.1) is 35.2 Å². The highest BCUT2D eigenvalue weighted by molar-refractivity contribution is 8.03. The summed E-state index contributed by atoms with van der Waals surface area (Å²) in [5, 5.41) is 50.5. The second kappa shape index (κ2) is 11.7. The number of likely N-dealkylation sites (tertiary alicyclic amines) is 2. The number of nitro groups is 1. The van der Waals surface area contributed by atoms with Gasteiger partial charge in [-0.05, 0) is 31.0 Å². The van der Waals surface area contributed by atoms with Gasteiger partial charge < -0.3 is 35.0 Å². The molecule has 0 spiro atoms. The van der Waals surface area contributed by atoms with Crippen LogP contribution in [-0.4, -0.2) is 119 Å². The van der Waals surface area contributed by atoms with Crippen LogP contribution in [0.4, 0.5) is 10.5 Å². The smallest absolute Gasteiger partial charge is 0.410 e. The number of aliphatic carboxylic acids is 1. The fourth-order valence-electron chi connectivity index (χ4n) is 6.28. The Kier molecular flexibility index (Phi) is 8.39. The zero-order chi connectivity index (χ0) is 31.3. The van der Waals surface area contributed by atoms with Crippen LogP contribution in [0.15, 0.2) is 34.9 Å². The first-order valence-corrected chi connectivity index (χ1v) is 14.6. The highest BCUT2D eigenvalue weighted by atomic mass is 32.2. The minimum absolute atomic E-state index is 0.000673. The molecule has 4 N–H and O–H groups in total. The molecule has 5 rings (SSSR count). The van der Waals surface area contributed by atoms with Crippen molar-refractivity contribution in [1.29, 1.82) is 0 Å². The van der Waals surface area contributed by atoms with Gasteiger partial charge in [-0.3, -0.25) is 24.6 Å².